The quantitative estimate of drug-likeness (QED) is 0.610. The number of hydrogen-bond donors (Lipinski definition) is 0. The van der Waals surface area contributed by atoms with E-state index in [0.717, 1.165) is 32.4 Å². The van der Waals surface area contributed by atoms with Crippen molar-refractivity contribution in [2.45, 2.75) is 25.7 Å². The van der Waals surface area contributed by atoms with Crippen LogP contribution in [0.15, 0.2) is 11.8 Å². The fraction of sp³-hybridized carbons (Fsp3) is 0.700. The van der Waals surface area contributed by atoms with Crippen LogP contribution in [0, 0.1) is 0 Å². The summed E-state index contributed by atoms with van der Waals surface area (Å²) >= 11 is 0. The molecule has 0 aromatic heterocycles. The van der Waals surface area contributed by atoms with Crippen molar-refractivity contribution in [2.24, 2.45) is 0 Å². The topological polar surface area (TPSA) is 29.5 Å². The van der Waals surface area contributed by atoms with Gasteiger partial charge in [-0.25, -0.2) is 0 Å². The number of nitrogens with zero attached hydrogens (tertiary/aromatic N) is 1. The summed E-state index contributed by atoms with van der Waals surface area (Å²) in [5.74, 6) is 0.666. The summed E-state index contributed by atoms with van der Waals surface area (Å²) in [4.78, 5) is 13.6. The van der Waals surface area contributed by atoms with Gasteiger partial charge in [0.05, 0.1) is 6.61 Å². The number of carbonyl (C=O) groups excluding carboxylic acids is 1. The zero-order valence-corrected chi connectivity index (χ0v) is 7.79. The summed E-state index contributed by atoms with van der Waals surface area (Å²) in [7, 11) is 0. The van der Waals surface area contributed by atoms with Crippen LogP contribution in [-0.4, -0.2) is 30.5 Å². The Hall–Kier alpha value is -0.990. The van der Waals surface area contributed by atoms with Gasteiger partial charge >= 0.3 is 0 Å². The van der Waals surface area contributed by atoms with Crippen LogP contribution in [0.4, 0.5) is 0 Å². The summed E-state index contributed by atoms with van der Waals surface area (Å²) < 4.78 is 5.24. The van der Waals surface area contributed by atoms with Crippen molar-refractivity contribution in [3.8, 4) is 0 Å². The lowest BCUT2D eigenvalue weighted by Gasteiger charge is -2.26. The molecule has 3 nitrogen and oxygen atoms in total. The van der Waals surface area contributed by atoms with Gasteiger partial charge in [-0.2, -0.15) is 0 Å². The fourth-order valence-electron chi connectivity index (χ4n) is 1.82. The summed E-state index contributed by atoms with van der Waals surface area (Å²) in [5, 5.41) is 0. The van der Waals surface area contributed by atoms with Gasteiger partial charge in [0, 0.05) is 19.5 Å². The van der Waals surface area contributed by atoms with Gasteiger partial charge < -0.3 is 9.64 Å². The first kappa shape index (κ1) is 8.60. The zero-order chi connectivity index (χ0) is 9.10. The molecule has 0 unspecified atom stereocenters. The highest BCUT2D eigenvalue weighted by atomic mass is 16.5. The van der Waals surface area contributed by atoms with E-state index < -0.39 is 0 Å². The van der Waals surface area contributed by atoms with E-state index in [9.17, 15) is 4.79 Å². The van der Waals surface area contributed by atoms with Crippen molar-refractivity contribution < 1.29 is 9.53 Å². The Morgan fingerprint density at radius 3 is 2.69 bits per heavy atom. The maximum Gasteiger partial charge on any atom is 0.288 e. The van der Waals surface area contributed by atoms with E-state index >= 15 is 0 Å². The maximum absolute atomic E-state index is 11.7. The molecule has 1 fully saturated rings. The molecule has 0 bridgehead atoms. The lowest BCUT2D eigenvalue weighted by molar-refractivity contribution is -0.131. The Morgan fingerprint density at radius 1 is 1.31 bits per heavy atom. The van der Waals surface area contributed by atoms with E-state index in [2.05, 4.69) is 0 Å². The number of piperidine rings is 1. The molecule has 3 heteroatoms. The highest BCUT2D eigenvalue weighted by Crippen LogP contribution is 2.16. The molecule has 0 N–H and O–H groups in total. The lowest BCUT2D eigenvalue weighted by atomic mass is 10.1. The molecule has 2 rings (SSSR count). The maximum atomic E-state index is 11.7. The predicted octanol–water partition coefficient (Wildman–Crippen LogP) is 1.30. The Labute approximate surface area is 78.4 Å². The molecule has 2 aliphatic rings. The molecule has 0 aliphatic carbocycles. The highest BCUT2D eigenvalue weighted by molar-refractivity contribution is 5.91. The van der Waals surface area contributed by atoms with Gasteiger partial charge in [-0.1, -0.05) is 0 Å². The van der Waals surface area contributed by atoms with Crippen LogP contribution < -0.4 is 0 Å². The zero-order valence-electron chi connectivity index (χ0n) is 7.79. The number of ether oxygens (including phenoxy) is 1. The standard InChI is InChI=1S/C10H15NO2/c12-10(9-5-4-8-13-9)11-6-2-1-3-7-11/h5H,1-4,6-8H2. The Balaban J connectivity index is 1.94. The molecular weight excluding hydrogens is 166 g/mol. The summed E-state index contributed by atoms with van der Waals surface area (Å²) in [5.41, 5.74) is 0. The first-order chi connectivity index (χ1) is 6.38. The van der Waals surface area contributed by atoms with Gasteiger partial charge in [-0.15, -0.1) is 0 Å². The number of rotatable bonds is 1. The third kappa shape index (κ3) is 1.85. The molecule has 13 heavy (non-hydrogen) atoms. The SMILES string of the molecule is O=C(C1=CCCO1)N1CCCCC1. The van der Waals surface area contributed by atoms with Crippen LogP contribution in [0.2, 0.25) is 0 Å². The molecule has 0 aromatic rings. The van der Waals surface area contributed by atoms with Crippen LogP contribution >= 0.6 is 0 Å². The second kappa shape index (κ2) is 3.81. The van der Waals surface area contributed by atoms with Gasteiger partial charge in [0.25, 0.3) is 5.91 Å². The van der Waals surface area contributed by atoms with Crippen molar-refractivity contribution in [3.63, 3.8) is 0 Å². The normalized spacial score (nSPS) is 22.5. The molecule has 72 valence electrons. The lowest BCUT2D eigenvalue weighted by Crippen LogP contribution is -2.36. The predicted molar refractivity (Wildman–Crippen MR) is 49.1 cm³/mol. The van der Waals surface area contributed by atoms with E-state index in [4.69, 9.17) is 4.74 Å². The Bertz CT molecular complexity index is 229. The van der Waals surface area contributed by atoms with Crippen molar-refractivity contribution in [2.75, 3.05) is 19.7 Å². The molecule has 2 heterocycles. The first-order valence-corrected chi connectivity index (χ1v) is 5.00. The molecule has 1 saturated heterocycles. The van der Waals surface area contributed by atoms with E-state index in [-0.39, 0.29) is 5.91 Å². The number of amides is 1. The van der Waals surface area contributed by atoms with E-state index in [1.165, 1.54) is 6.42 Å². The second-order valence-electron chi connectivity index (χ2n) is 3.56. The van der Waals surface area contributed by atoms with Crippen molar-refractivity contribution in [1.29, 1.82) is 0 Å². The molecule has 0 aromatic carbocycles. The van der Waals surface area contributed by atoms with Gasteiger partial charge in [-0.3, -0.25) is 4.79 Å². The highest BCUT2D eigenvalue weighted by Gasteiger charge is 2.22. The van der Waals surface area contributed by atoms with Crippen LogP contribution in [0.25, 0.3) is 0 Å². The Kier molecular flexibility index (Phi) is 2.52. The van der Waals surface area contributed by atoms with Crippen molar-refractivity contribution >= 4 is 5.91 Å². The fourth-order valence-corrected chi connectivity index (χ4v) is 1.82. The molecule has 1 amide bonds. The van der Waals surface area contributed by atoms with Crippen LogP contribution in [-0.2, 0) is 9.53 Å². The second-order valence-corrected chi connectivity index (χ2v) is 3.56. The van der Waals surface area contributed by atoms with Gasteiger partial charge in [0.1, 0.15) is 0 Å². The molecule has 0 radical (unpaired) electrons. The average Bonchev–Trinajstić information content (AvgIpc) is 2.71. The minimum Gasteiger partial charge on any atom is -0.488 e. The smallest absolute Gasteiger partial charge is 0.288 e. The van der Waals surface area contributed by atoms with Gasteiger partial charge in [-0.05, 0) is 25.3 Å². The first-order valence-electron chi connectivity index (χ1n) is 5.00. The van der Waals surface area contributed by atoms with Crippen molar-refractivity contribution in [3.05, 3.63) is 11.8 Å². The molecular formula is C10H15NO2. The van der Waals surface area contributed by atoms with E-state index in [1.54, 1.807) is 0 Å². The average molecular weight is 181 g/mol. The largest absolute Gasteiger partial charge is 0.488 e. The summed E-state index contributed by atoms with van der Waals surface area (Å²) in [6, 6.07) is 0. The summed E-state index contributed by atoms with van der Waals surface area (Å²) in [6.45, 7) is 2.48. The van der Waals surface area contributed by atoms with Crippen LogP contribution in [0.3, 0.4) is 0 Å². The number of hydrogen-bond acceptors (Lipinski definition) is 2. The Morgan fingerprint density at radius 2 is 2.08 bits per heavy atom. The summed E-state index contributed by atoms with van der Waals surface area (Å²) in [6.07, 6.45) is 6.31. The van der Waals surface area contributed by atoms with Crippen molar-refractivity contribution in [1.82, 2.24) is 4.90 Å². The van der Waals surface area contributed by atoms with Gasteiger partial charge in [0.15, 0.2) is 5.76 Å². The number of carbonyl (C=O) groups is 1. The van der Waals surface area contributed by atoms with Crippen LogP contribution in [0.5, 0.6) is 0 Å². The third-order valence-corrected chi connectivity index (χ3v) is 2.56. The molecule has 0 atom stereocenters. The monoisotopic (exact) mass is 181 g/mol. The number of likely N-dealkylation sites (tertiary alicyclic amines) is 1. The molecule has 0 saturated carbocycles. The minimum atomic E-state index is 0.0946. The van der Waals surface area contributed by atoms with E-state index in [0.29, 0.717) is 12.4 Å². The third-order valence-electron chi connectivity index (χ3n) is 2.56. The van der Waals surface area contributed by atoms with Gasteiger partial charge in [0.2, 0.25) is 0 Å². The van der Waals surface area contributed by atoms with Crippen LogP contribution in [0.1, 0.15) is 25.7 Å². The minimum absolute atomic E-state index is 0.0946. The molecule has 2 aliphatic heterocycles. The molecule has 0 spiro atoms. The van der Waals surface area contributed by atoms with E-state index in [1.807, 2.05) is 11.0 Å².